The summed E-state index contributed by atoms with van der Waals surface area (Å²) >= 11 is 0. The molecule has 0 aliphatic carbocycles. The van der Waals surface area contributed by atoms with Crippen LogP contribution in [0.3, 0.4) is 0 Å². The number of aromatic nitrogens is 4. The summed E-state index contributed by atoms with van der Waals surface area (Å²) in [6.45, 7) is 14.1. The number of H-pyrrole nitrogens is 1. The van der Waals surface area contributed by atoms with Gasteiger partial charge in [-0.15, -0.1) is 0 Å². The second kappa shape index (κ2) is 11.8. The van der Waals surface area contributed by atoms with Crippen LogP contribution in [0.1, 0.15) is 88.2 Å². The van der Waals surface area contributed by atoms with E-state index in [4.69, 9.17) is 15.5 Å². The minimum atomic E-state index is -0.294. The van der Waals surface area contributed by atoms with Gasteiger partial charge in [-0.2, -0.15) is 0 Å². The second-order valence-corrected chi connectivity index (χ2v) is 10.6. The predicted octanol–water partition coefficient (Wildman–Crippen LogP) is 7.64. The zero-order valence-electron chi connectivity index (χ0n) is 23.2. The first-order valence-electron chi connectivity index (χ1n) is 13.4. The van der Waals surface area contributed by atoms with Gasteiger partial charge in [-0.1, -0.05) is 47.6 Å². The lowest BCUT2D eigenvalue weighted by Gasteiger charge is -2.25. The van der Waals surface area contributed by atoms with Gasteiger partial charge in [-0.3, -0.25) is 0 Å². The van der Waals surface area contributed by atoms with E-state index < -0.39 is 0 Å². The Morgan fingerprint density at radius 2 is 1.58 bits per heavy atom. The molecule has 7 heteroatoms. The third-order valence-electron chi connectivity index (χ3n) is 6.67. The first kappa shape index (κ1) is 27.3. The van der Waals surface area contributed by atoms with Crippen LogP contribution in [0.2, 0.25) is 0 Å². The fourth-order valence-electron chi connectivity index (χ4n) is 4.98. The molecule has 0 saturated carbocycles. The largest absolute Gasteiger partial charge is 0.493 e. The second-order valence-electron chi connectivity index (χ2n) is 10.6. The van der Waals surface area contributed by atoms with E-state index in [2.05, 4.69) is 68.6 Å². The van der Waals surface area contributed by atoms with Crippen molar-refractivity contribution in [2.24, 2.45) is 0 Å². The summed E-state index contributed by atoms with van der Waals surface area (Å²) in [6, 6.07) is 12.4. The average Bonchev–Trinajstić information content (AvgIpc) is 3.30. The Bertz CT molecular complexity index is 1380. The van der Waals surface area contributed by atoms with Crippen molar-refractivity contribution < 1.29 is 9.13 Å². The van der Waals surface area contributed by atoms with E-state index in [0.717, 1.165) is 29.3 Å². The highest BCUT2D eigenvalue weighted by molar-refractivity contribution is 5.76. The number of hydrogen-bond acceptors (Lipinski definition) is 5. The molecule has 2 aromatic carbocycles. The monoisotopic (exact) mass is 515 g/mol. The summed E-state index contributed by atoms with van der Waals surface area (Å²) in [5.41, 5.74) is 12.8. The van der Waals surface area contributed by atoms with Crippen molar-refractivity contribution in [3.8, 4) is 28.4 Å². The van der Waals surface area contributed by atoms with E-state index in [-0.39, 0.29) is 11.8 Å². The Balaban J connectivity index is 1.54. The standard InChI is InChI=1S/C31H38FN5O/c1-18(2)23-13-14-25(28(20(5)6)27(23)19(3)4)38-17-7-8-26-36-29(21-9-11-22(32)12-10-21)30(37-26)24-15-16-34-31(33)35-24/h9-16,18-20H,7-8,17H2,1-6H3,(H,36,37)(H2,33,34,35). The molecule has 2 heterocycles. The SMILES string of the molecule is CC(C)c1ccc(OCCCc2nc(-c3ccc(F)cc3)c(-c3ccnc(N)n3)[nH]2)c(C(C)C)c1C(C)C. The van der Waals surface area contributed by atoms with Crippen molar-refractivity contribution >= 4 is 5.95 Å². The highest BCUT2D eigenvalue weighted by Gasteiger charge is 2.21. The molecule has 4 aromatic rings. The van der Waals surface area contributed by atoms with Crippen molar-refractivity contribution in [2.75, 3.05) is 12.3 Å². The minimum absolute atomic E-state index is 0.183. The predicted molar refractivity (Wildman–Crippen MR) is 152 cm³/mol. The van der Waals surface area contributed by atoms with Crippen molar-refractivity contribution in [1.29, 1.82) is 0 Å². The van der Waals surface area contributed by atoms with Gasteiger partial charge in [-0.05, 0) is 71.7 Å². The molecule has 0 aliphatic rings. The van der Waals surface area contributed by atoms with Crippen LogP contribution in [0, 0.1) is 5.82 Å². The molecule has 200 valence electrons. The summed E-state index contributed by atoms with van der Waals surface area (Å²) in [5.74, 6) is 2.93. The van der Waals surface area contributed by atoms with Crippen LogP contribution in [-0.2, 0) is 6.42 Å². The van der Waals surface area contributed by atoms with Crippen molar-refractivity contribution in [3.05, 3.63) is 77.0 Å². The molecule has 0 bridgehead atoms. The maximum atomic E-state index is 13.6. The fraction of sp³-hybridized carbons (Fsp3) is 0.387. The first-order chi connectivity index (χ1) is 18.2. The van der Waals surface area contributed by atoms with Crippen molar-refractivity contribution in [1.82, 2.24) is 19.9 Å². The molecule has 0 amide bonds. The molecular weight excluding hydrogens is 477 g/mol. The van der Waals surface area contributed by atoms with Crippen LogP contribution in [0.4, 0.5) is 10.3 Å². The maximum absolute atomic E-state index is 13.6. The van der Waals surface area contributed by atoms with Gasteiger partial charge in [0, 0.05) is 23.7 Å². The van der Waals surface area contributed by atoms with E-state index in [1.165, 1.54) is 28.8 Å². The zero-order chi connectivity index (χ0) is 27.4. The number of nitrogens with two attached hydrogens (primary N) is 1. The smallest absolute Gasteiger partial charge is 0.220 e. The molecule has 0 unspecified atom stereocenters. The third kappa shape index (κ3) is 6.04. The molecule has 4 rings (SSSR count). The lowest BCUT2D eigenvalue weighted by Crippen LogP contribution is -2.10. The summed E-state index contributed by atoms with van der Waals surface area (Å²) in [5, 5.41) is 0. The fourth-order valence-corrected chi connectivity index (χ4v) is 4.98. The summed E-state index contributed by atoms with van der Waals surface area (Å²) in [4.78, 5) is 16.6. The highest BCUT2D eigenvalue weighted by Crippen LogP contribution is 2.39. The average molecular weight is 516 g/mol. The van der Waals surface area contributed by atoms with Crippen LogP contribution in [0.15, 0.2) is 48.7 Å². The van der Waals surface area contributed by atoms with Crippen LogP contribution >= 0.6 is 0 Å². The molecule has 0 fully saturated rings. The lowest BCUT2D eigenvalue weighted by molar-refractivity contribution is 0.305. The Kier molecular flexibility index (Phi) is 8.45. The van der Waals surface area contributed by atoms with Crippen LogP contribution in [-0.4, -0.2) is 26.5 Å². The zero-order valence-corrected chi connectivity index (χ0v) is 23.2. The summed E-state index contributed by atoms with van der Waals surface area (Å²) in [7, 11) is 0. The van der Waals surface area contributed by atoms with Gasteiger partial charge in [0.2, 0.25) is 5.95 Å². The Morgan fingerprint density at radius 3 is 2.21 bits per heavy atom. The van der Waals surface area contributed by atoms with Gasteiger partial charge >= 0.3 is 0 Å². The Hall–Kier alpha value is -3.74. The normalized spacial score (nSPS) is 11.6. The van der Waals surface area contributed by atoms with Crippen LogP contribution in [0.5, 0.6) is 5.75 Å². The summed E-state index contributed by atoms with van der Waals surface area (Å²) < 4.78 is 19.9. The maximum Gasteiger partial charge on any atom is 0.220 e. The molecule has 0 saturated heterocycles. The molecule has 0 atom stereocenters. The van der Waals surface area contributed by atoms with Gasteiger partial charge in [-0.25, -0.2) is 19.3 Å². The molecule has 3 N–H and O–H groups in total. The number of ether oxygens (including phenoxy) is 1. The number of halogens is 1. The van der Waals surface area contributed by atoms with E-state index in [1.807, 2.05) is 0 Å². The number of nitrogens with zero attached hydrogens (tertiary/aromatic N) is 3. The molecule has 0 aliphatic heterocycles. The number of aryl methyl sites for hydroxylation is 1. The Morgan fingerprint density at radius 1 is 0.868 bits per heavy atom. The number of aromatic amines is 1. The lowest BCUT2D eigenvalue weighted by atomic mass is 9.83. The molecule has 2 aromatic heterocycles. The van der Waals surface area contributed by atoms with Gasteiger partial charge in [0.1, 0.15) is 17.4 Å². The van der Waals surface area contributed by atoms with Crippen molar-refractivity contribution in [2.45, 2.75) is 72.1 Å². The number of nitrogen functional groups attached to an aromatic ring is 1. The number of rotatable bonds is 10. The van der Waals surface area contributed by atoms with Crippen molar-refractivity contribution in [3.63, 3.8) is 0 Å². The summed E-state index contributed by atoms with van der Waals surface area (Å²) in [6.07, 6.45) is 3.08. The number of imidazole rings is 1. The quantitative estimate of drug-likeness (QED) is 0.212. The van der Waals surface area contributed by atoms with Gasteiger partial charge in [0.05, 0.1) is 23.7 Å². The molecule has 0 spiro atoms. The number of hydrogen-bond donors (Lipinski definition) is 2. The molecule has 0 radical (unpaired) electrons. The van der Waals surface area contributed by atoms with E-state index in [9.17, 15) is 4.39 Å². The molecule has 38 heavy (non-hydrogen) atoms. The topological polar surface area (TPSA) is 89.7 Å². The third-order valence-corrected chi connectivity index (χ3v) is 6.67. The highest BCUT2D eigenvalue weighted by atomic mass is 19.1. The Labute approximate surface area is 224 Å². The number of benzene rings is 2. The van der Waals surface area contributed by atoms with E-state index >= 15 is 0 Å². The van der Waals surface area contributed by atoms with Gasteiger partial charge < -0.3 is 15.5 Å². The molecule has 6 nitrogen and oxygen atoms in total. The van der Waals surface area contributed by atoms with Crippen LogP contribution in [0.25, 0.3) is 22.6 Å². The van der Waals surface area contributed by atoms with Crippen LogP contribution < -0.4 is 10.5 Å². The van der Waals surface area contributed by atoms with E-state index in [1.54, 1.807) is 24.4 Å². The van der Waals surface area contributed by atoms with E-state index in [0.29, 0.717) is 42.2 Å². The minimum Gasteiger partial charge on any atom is -0.493 e. The number of anilines is 1. The number of nitrogens with one attached hydrogen (secondary N) is 1. The molecular formula is C31H38FN5O. The first-order valence-corrected chi connectivity index (χ1v) is 13.4. The van der Waals surface area contributed by atoms with Gasteiger partial charge in [0.25, 0.3) is 0 Å². The van der Waals surface area contributed by atoms with Gasteiger partial charge in [0.15, 0.2) is 0 Å².